The Balaban J connectivity index is 1.33. The van der Waals surface area contributed by atoms with Crippen LogP contribution in [0.15, 0.2) is 30.6 Å². The molecule has 0 spiro atoms. The lowest BCUT2D eigenvalue weighted by molar-refractivity contribution is 0.0303. The second-order valence-electron chi connectivity index (χ2n) is 8.26. The van der Waals surface area contributed by atoms with Crippen LogP contribution in [-0.4, -0.2) is 77.5 Å². The summed E-state index contributed by atoms with van der Waals surface area (Å²) in [6.45, 7) is 9.85. The molecule has 1 amide bonds. The van der Waals surface area contributed by atoms with E-state index in [0.717, 1.165) is 36.6 Å². The number of ether oxygens (including phenoxy) is 2. The number of aromatic nitrogens is 2. The van der Waals surface area contributed by atoms with E-state index in [0.29, 0.717) is 37.9 Å². The predicted octanol–water partition coefficient (Wildman–Crippen LogP) is 2.91. The average Bonchev–Trinajstić information content (AvgIpc) is 3.41. The van der Waals surface area contributed by atoms with Gasteiger partial charge in [-0.15, -0.1) is 0 Å². The number of benzene rings is 1. The van der Waals surface area contributed by atoms with Gasteiger partial charge in [0.1, 0.15) is 5.75 Å². The molecule has 162 valence electrons. The molecule has 0 saturated carbocycles. The zero-order valence-electron chi connectivity index (χ0n) is 18.0. The fraction of sp³-hybridized carbons (Fsp3) is 0.565. The van der Waals surface area contributed by atoms with Gasteiger partial charge >= 0.3 is 0 Å². The van der Waals surface area contributed by atoms with Crippen molar-refractivity contribution in [1.29, 1.82) is 0 Å². The minimum Gasteiger partial charge on any atom is -0.494 e. The molecule has 0 N–H and O–H groups in total. The van der Waals surface area contributed by atoms with Crippen LogP contribution in [0.2, 0.25) is 0 Å². The first-order valence-corrected chi connectivity index (χ1v) is 11.0. The molecule has 30 heavy (non-hydrogen) atoms. The Morgan fingerprint density at radius 1 is 1.27 bits per heavy atom. The van der Waals surface area contributed by atoms with Crippen LogP contribution in [0.25, 0.3) is 5.69 Å². The summed E-state index contributed by atoms with van der Waals surface area (Å²) in [7, 11) is 0. The van der Waals surface area contributed by atoms with Gasteiger partial charge in [-0.1, -0.05) is 0 Å². The number of carbonyl (C=O) groups excluding carboxylic acids is 1. The van der Waals surface area contributed by atoms with Gasteiger partial charge in [-0.3, -0.25) is 4.79 Å². The van der Waals surface area contributed by atoms with Crippen LogP contribution in [0.5, 0.6) is 5.75 Å². The standard InChI is InChI=1S/C23H32N4O3/c1-18-15-21(30-12-4-9-25-8-3-5-19(25)2)6-7-22(18)27-17-20(16-24-27)23(28)26-10-13-29-14-11-26/h6-7,15-17,19H,3-5,8-14H2,1-2H3/t19-/m1/s1. The summed E-state index contributed by atoms with van der Waals surface area (Å²) < 4.78 is 13.1. The summed E-state index contributed by atoms with van der Waals surface area (Å²) >= 11 is 0. The normalized spacial score (nSPS) is 19.9. The maximum atomic E-state index is 12.6. The molecule has 2 fully saturated rings. The van der Waals surface area contributed by atoms with E-state index in [1.807, 2.05) is 30.0 Å². The number of nitrogens with zero attached hydrogens (tertiary/aromatic N) is 4. The molecule has 1 aromatic carbocycles. The molecule has 4 rings (SSSR count). The van der Waals surface area contributed by atoms with E-state index in [1.54, 1.807) is 17.1 Å². The Morgan fingerprint density at radius 3 is 2.83 bits per heavy atom. The molecule has 1 aromatic heterocycles. The van der Waals surface area contributed by atoms with Crippen LogP contribution >= 0.6 is 0 Å². The van der Waals surface area contributed by atoms with Gasteiger partial charge in [-0.2, -0.15) is 5.10 Å². The molecule has 2 aliphatic heterocycles. The van der Waals surface area contributed by atoms with E-state index in [2.05, 4.69) is 16.9 Å². The van der Waals surface area contributed by atoms with Crippen LogP contribution in [-0.2, 0) is 4.74 Å². The Kier molecular flexibility index (Phi) is 6.69. The molecule has 0 bridgehead atoms. The van der Waals surface area contributed by atoms with Crippen molar-refractivity contribution in [2.24, 2.45) is 0 Å². The van der Waals surface area contributed by atoms with Gasteiger partial charge in [-0.25, -0.2) is 4.68 Å². The number of likely N-dealkylation sites (tertiary alicyclic amines) is 1. The number of hydrogen-bond donors (Lipinski definition) is 0. The molecule has 1 atom stereocenters. The van der Waals surface area contributed by atoms with Crippen LogP contribution in [0.1, 0.15) is 42.1 Å². The Labute approximate surface area is 178 Å². The molecule has 0 unspecified atom stereocenters. The minimum absolute atomic E-state index is 0.00878. The van der Waals surface area contributed by atoms with E-state index in [4.69, 9.17) is 9.47 Å². The number of morpholine rings is 1. The highest BCUT2D eigenvalue weighted by Gasteiger charge is 2.21. The quantitative estimate of drug-likeness (QED) is 0.655. The largest absolute Gasteiger partial charge is 0.494 e. The van der Waals surface area contributed by atoms with Crippen molar-refractivity contribution in [2.45, 2.75) is 39.2 Å². The fourth-order valence-electron chi connectivity index (χ4n) is 4.27. The number of aryl methyl sites for hydroxylation is 1. The smallest absolute Gasteiger partial charge is 0.257 e. The lowest BCUT2D eigenvalue weighted by atomic mass is 10.2. The molecule has 0 radical (unpaired) electrons. The number of carbonyl (C=O) groups is 1. The van der Waals surface area contributed by atoms with Gasteiger partial charge < -0.3 is 19.3 Å². The highest BCUT2D eigenvalue weighted by molar-refractivity contribution is 5.93. The number of hydrogen-bond acceptors (Lipinski definition) is 5. The van der Waals surface area contributed by atoms with Crippen molar-refractivity contribution >= 4 is 5.91 Å². The second-order valence-corrected chi connectivity index (χ2v) is 8.26. The third-order valence-corrected chi connectivity index (χ3v) is 6.09. The van der Waals surface area contributed by atoms with Crippen LogP contribution < -0.4 is 4.74 Å². The molecule has 2 aromatic rings. The topological polar surface area (TPSA) is 59.8 Å². The summed E-state index contributed by atoms with van der Waals surface area (Å²) in [5.74, 6) is 0.886. The SMILES string of the molecule is Cc1cc(OCCCN2CCC[C@H]2C)ccc1-n1cc(C(=O)N2CCOCC2)cn1. The predicted molar refractivity (Wildman–Crippen MR) is 115 cm³/mol. The third-order valence-electron chi connectivity index (χ3n) is 6.09. The van der Waals surface area contributed by atoms with Gasteiger partial charge in [0.15, 0.2) is 0 Å². The van der Waals surface area contributed by atoms with Crippen molar-refractivity contribution in [3.63, 3.8) is 0 Å². The molecular weight excluding hydrogens is 380 g/mol. The number of rotatable bonds is 7. The maximum Gasteiger partial charge on any atom is 0.257 e. The molecule has 3 heterocycles. The van der Waals surface area contributed by atoms with Crippen molar-refractivity contribution < 1.29 is 14.3 Å². The summed E-state index contributed by atoms with van der Waals surface area (Å²) in [6.07, 6.45) is 7.11. The minimum atomic E-state index is 0.00878. The van der Waals surface area contributed by atoms with Gasteiger partial charge in [0.05, 0.1) is 37.3 Å². The van der Waals surface area contributed by atoms with Crippen LogP contribution in [0.4, 0.5) is 0 Å². The molecule has 0 aliphatic carbocycles. The average molecular weight is 413 g/mol. The summed E-state index contributed by atoms with van der Waals surface area (Å²) in [5.41, 5.74) is 2.62. The Bertz CT molecular complexity index is 860. The lowest BCUT2D eigenvalue weighted by Gasteiger charge is -2.26. The van der Waals surface area contributed by atoms with E-state index in [1.165, 1.54) is 19.4 Å². The monoisotopic (exact) mass is 412 g/mol. The van der Waals surface area contributed by atoms with Crippen molar-refractivity contribution in [2.75, 3.05) is 46.0 Å². The maximum absolute atomic E-state index is 12.6. The summed E-state index contributed by atoms with van der Waals surface area (Å²) in [5, 5.41) is 4.41. The first kappa shape index (κ1) is 20.9. The van der Waals surface area contributed by atoms with Crippen LogP contribution in [0.3, 0.4) is 0 Å². The second kappa shape index (κ2) is 9.62. The van der Waals surface area contributed by atoms with Crippen molar-refractivity contribution in [3.05, 3.63) is 41.7 Å². The lowest BCUT2D eigenvalue weighted by Crippen LogP contribution is -2.40. The zero-order valence-corrected chi connectivity index (χ0v) is 18.0. The first-order valence-electron chi connectivity index (χ1n) is 11.0. The van der Waals surface area contributed by atoms with Gasteiger partial charge in [0.25, 0.3) is 5.91 Å². The summed E-state index contributed by atoms with van der Waals surface area (Å²) in [6, 6.07) is 6.73. The molecule has 2 aliphatic rings. The summed E-state index contributed by atoms with van der Waals surface area (Å²) in [4.78, 5) is 17.0. The van der Waals surface area contributed by atoms with Gasteiger partial charge in [0.2, 0.25) is 0 Å². The third kappa shape index (κ3) is 4.84. The first-order chi connectivity index (χ1) is 14.6. The zero-order chi connectivity index (χ0) is 20.9. The highest BCUT2D eigenvalue weighted by atomic mass is 16.5. The Hall–Kier alpha value is -2.38. The molecular formula is C23H32N4O3. The van der Waals surface area contributed by atoms with Crippen molar-refractivity contribution in [1.82, 2.24) is 19.6 Å². The Morgan fingerprint density at radius 2 is 2.10 bits per heavy atom. The highest BCUT2D eigenvalue weighted by Crippen LogP contribution is 2.22. The van der Waals surface area contributed by atoms with E-state index < -0.39 is 0 Å². The molecule has 2 saturated heterocycles. The fourth-order valence-corrected chi connectivity index (χ4v) is 4.27. The van der Waals surface area contributed by atoms with Crippen LogP contribution in [0, 0.1) is 6.92 Å². The van der Waals surface area contributed by atoms with E-state index in [9.17, 15) is 4.79 Å². The van der Waals surface area contributed by atoms with E-state index >= 15 is 0 Å². The van der Waals surface area contributed by atoms with Gasteiger partial charge in [-0.05, 0) is 63.4 Å². The molecule has 7 nitrogen and oxygen atoms in total. The van der Waals surface area contributed by atoms with E-state index in [-0.39, 0.29) is 5.91 Å². The van der Waals surface area contributed by atoms with Crippen molar-refractivity contribution in [3.8, 4) is 11.4 Å². The van der Waals surface area contributed by atoms with Gasteiger partial charge in [0, 0.05) is 31.9 Å². The number of amides is 1. The molecule has 7 heteroatoms.